The van der Waals surface area contributed by atoms with Crippen LogP contribution in [0.1, 0.15) is 19.3 Å². The van der Waals surface area contributed by atoms with Crippen LogP contribution in [0, 0.1) is 5.92 Å². The molecule has 1 fully saturated rings. The van der Waals surface area contributed by atoms with Crippen molar-refractivity contribution in [1.29, 1.82) is 0 Å². The smallest absolute Gasteiger partial charge is 0.224 e. The minimum absolute atomic E-state index is 0.685. The molecule has 20 heavy (non-hydrogen) atoms. The Morgan fingerprint density at radius 1 is 1.25 bits per heavy atom. The lowest BCUT2D eigenvalue weighted by molar-refractivity contribution is 0.247. The quantitative estimate of drug-likeness (QED) is 0.932. The Balaban J connectivity index is 1.66. The van der Waals surface area contributed by atoms with Gasteiger partial charge < -0.3 is 10.1 Å². The van der Waals surface area contributed by atoms with E-state index >= 15 is 0 Å². The molecule has 1 aliphatic rings. The molecule has 2 heterocycles. The van der Waals surface area contributed by atoms with E-state index in [-0.39, 0.29) is 0 Å². The van der Waals surface area contributed by atoms with E-state index in [9.17, 15) is 0 Å². The van der Waals surface area contributed by atoms with Crippen molar-refractivity contribution in [1.82, 2.24) is 15.3 Å². The highest BCUT2D eigenvalue weighted by molar-refractivity contribution is 9.10. The molecule has 1 saturated heterocycles. The van der Waals surface area contributed by atoms with Gasteiger partial charge in [0.15, 0.2) is 0 Å². The highest BCUT2D eigenvalue weighted by Crippen LogP contribution is 2.25. The topological polar surface area (TPSA) is 47.0 Å². The fourth-order valence-electron chi connectivity index (χ4n) is 2.61. The van der Waals surface area contributed by atoms with E-state index in [0.29, 0.717) is 5.88 Å². The Kier molecular flexibility index (Phi) is 4.47. The van der Waals surface area contributed by atoms with Gasteiger partial charge in [-0.1, -0.05) is 15.9 Å². The van der Waals surface area contributed by atoms with Crippen molar-refractivity contribution in [3.63, 3.8) is 0 Å². The number of nitrogens with one attached hydrogen (secondary N) is 1. The Hall–Kier alpha value is -1.20. The maximum absolute atomic E-state index is 5.88. The lowest BCUT2D eigenvalue weighted by atomic mass is 9.95. The maximum Gasteiger partial charge on any atom is 0.224 e. The standard InChI is InChI=1S/C15H18BrN3O/c16-12-1-2-14-13(9-12)15(19-10-18-14)20-8-5-11-3-6-17-7-4-11/h1-2,9-11,17H,3-8H2. The molecule has 0 bridgehead atoms. The summed E-state index contributed by atoms with van der Waals surface area (Å²) in [6.45, 7) is 2.99. The van der Waals surface area contributed by atoms with Crippen molar-refractivity contribution in [3.8, 4) is 5.88 Å². The fourth-order valence-corrected chi connectivity index (χ4v) is 2.97. The molecule has 3 rings (SSSR count). The lowest BCUT2D eigenvalue weighted by Gasteiger charge is -2.22. The Bertz CT molecular complexity index is 584. The minimum Gasteiger partial charge on any atom is -0.477 e. The van der Waals surface area contributed by atoms with E-state index in [1.807, 2.05) is 18.2 Å². The van der Waals surface area contributed by atoms with E-state index in [2.05, 4.69) is 31.2 Å². The number of fused-ring (bicyclic) bond motifs is 1. The van der Waals surface area contributed by atoms with Crippen LogP contribution >= 0.6 is 15.9 Å². The van der Waals surface area contributed by atoms with Gasteiger partial charge in [0.1, 0.15) is 6.33 Å². The number of ether oxygens (including phenoxy) is 1. The van der Waals surface area contributed by atoms with E-state index in [1.165, 1.54) is 12.8 Å². The van der Waals surface area contributed by atoms with Crippen molar-refractivity contribution in [2.75, 3.05) is 19.7 Å². The molecule has 0 atom stereocenters. The zero-order chi connectivity index (χ0) is 13.8. The minimum atomic E-state index is 0.685. The van der Waals surface area contributed by atoms with Gasteiger partial charge in [0, 0.05) is 4.47 Å². The van der Waals surface area contributed by atoms with Gasteiger partial charge in [-0.15, -0.1) is 0 Å². The third kappa shape index (κ3) is 3.27. The molecule has 0 radical (unpaired) electrons. The SMILES string of the molecule is Brc1ccc2ncnc(OCCC3CCNCC3)c2c1. The molecule has 0 saturated carbocycles. The first-order chi connectivity index (χ1) is 9.83. The average Bonchev–Trinajstić information content (AvgIpc) is 2.49. The van der Waals surface area contributed by atoms with Crippen molar-refractivity contribution >= 4 is 26.8 Å². The van der Waals surface area contributed by atoms with E-state index in [1.54, 1.807) is 6.33 Å². The first-order valence-electron chi connectivity index (χ1n) is 7.07. The van der Waals surface area contributed by atoms with Gasteiger partial charge in [0.05, 0.1) is 17.5 Å². The third-order valence-corrected chi connectivity index (χ3v) is 4.28. The average molecular weight is 336 g/mol. The molecule has 0 aliphatic carbocycles. The van der Waals surface area contributed by atoms with Crippen molar-refractivity contribution in [3.05, 3.63) is 29.0 Å². The molecular weight excluding hydrogens is 318 g/mol. The second kappa shape index (κ2) is 6.50. The van der Waals surface area contributed by atoms with Crippen LogP contribution in [0.4, 0.5) is 0 Å². The van der Waals surface area contributed by atoms with Gasteiger partial charge in [-0.2, -0.15) is 0 Å². The second-order valence-electron chi connectivity index (χ2n) is 5.17. The second-order valence-corrected chi connectivity index (χ2v) is 6.09. The van der Waals surface area contributed by atoms with Gasteiger partial charge in [-0.3, -0.25) is 0 Å². The van der Waals surface area contributed by atoms with Crippen molar-refractivity contribution < 1.29 is 4.74 Å². The summed E-state index contributed by atoms with van der Waals surface area (Å²) in [6, 6.07) is 5.96. The van der Waals surface area contributed by atoms with Gasteiger partial charge >= 0.3 is 0 Å². The molecule has 0 amide bonds. The first-order valence-corrected chi connectivity index (χ1v) is 7.86. The Morgan fingerprint density at radius 2 is 2.10 bits per heavy atom. The molecule has 1 aromatic carbocycles. The number of hydrogen-bond acceptors (Lipinski definition) is 4. The highest BCUT2D eigenvalue weighted by atomic mass is 79.9. The molecular formula is C15H18BrN3O. The molecule has 5 heteroatoms. The Labute approximate surface area is 127 Å². The number of halogens is 1. The molecule has 2 aromatic rings. The van der Waals surface area contributed by atoms with Crippen molar-refractivity contribution in [2.45, 2.75) is 19.3 Å². The van der Waals surface area contributed by atoms with Gasteiger partial charge in [0.25, 0.3) is 0 Å². The zero-order valence-corrected chi connectivity index (χ0v) is 12.9. The number of rotatable bonds is 4. The largest absolute Gasteiger partial charge is 0.477 e. The van der Waals surface area contributed by atoms with Crippen LogP contribution in [-0.2, 0) is 0 Å². The fraction of sp³-hybridized carbons (Fsp3) is 0.467. The summed E-state index contributed by atoms with van der Waals surface area (Å²) in [5, 5.41) is 4.35. The number of piperidine rings is 1. The van der Waals surface area contributed by atoms with E-state index in [4.69, 9.17) is 4.74 Å². The van der Waals surface area contributed by atoms with Gasteiger partial charge in [-0.25, -0.2) is 9.97 Å². The van der Waals surface area contributed by atoms with Crippen LogP contribution in [-0.4, -0.2) is 29.7 Å². The normalized spacial score (nSPS) is 16.4. The van der Waals surface area contributed by atoms with Crippen LogP contribution in [0.3, 0.4) is 0 Å². The van der Waals surface area contributed by atoms with Crippen LogP contribution in [0.15, 0.2) is 29.0 Å². The number of benzene rings is 1. The Morgan fingerprint density at radius 3 is 2.95 bits per heavy atom. The van der Waals surface area contributed by atoms with Crippen molar-refractivity contribution in [2.24, 2.45) is 5.92 Å². The monoisotopic (exact) mass is 335 g/mol. The van der Waals surface area contributed by atoms with Crippen LogP contribution < -0.4 is 10.1 Å². The first kappa shape index (κ1) is 13.8. The van der Waals surface area contributed by atoms with Gasteiger partial charge in [0.2, 0.25) is 5.88 Å². The van der Waals surface area contributed by atoms with E-state index < -0.39 is 0 Å². The molecule has 1 aromatic heterocycles. The predicted molar refractivity (Wildman–Crippen MR) is 82.9 cm³/mol. The molecule has 106 valence electrons. The summed E-state index contributed by atoms with van der Waals surface area (Å²) in [4.78, 5) is 8.52. The predicted octanol–water partition coefficient (Wildman–Crippen LogP) is 3.16. The molecule has 0 spiro atoms. The number of aromatic nitrogens is 2. The summed E-state index contributed by atoms with van der Waals surface area (Å²) in [6.07, 6.45) is 5.16. The summed E-state index contributed by atoms with van der Waals surface area (Å²) in [5.41, 5.74) is 0.917. The number of hydrogen-bond donors (Lipinski definition) is 1. The third-order valence-electron chi connectivity index (χ3n) is 3.78. The molecule has 1 N–H and O–H groups in total. The molecule has 0 unspecified atom stereocenters. The van der Waals surface area contributed by atoms with Gasteiger partial charge in [-0.05, 0) is 56.5 Å². The summed E-state index contributed by atoms with van der Waals surface area (Å²) in [7, 11) is 0. The lowest BCUT2D eigenvalue weighted by Crippen LogP contribution is -2.28. The summed E-state index contributed by atoms with van der Waals surface area (Å²) in [5.74, 6) is 1.46. The summed E-state index contributed by atoms with van der Waals surface area (Å²) >= 11 is 3.48. The molecule has 1 aliphatic heterocycles. The summed E-state index contributed by atoms with van der Waals surface area (Å²) < 4.78 is 6.90. The van der Waals surface area contributed by atoms with Crippen LogP contribution in [0.2, 0.25) is 0 Å². The number of nitrogens with zero attached hydrogens (tertiary/aromatic N) is 2. The maximum atomic E-state index is 5.88. The van der Waals surface area contributed by atoms with Crippen LogP contribution in [0.25, 0.3) is 10.9 Å². The van der Waals surface area contributed by atoms with Crippen LogP contribution in [0.5, 0.6) is 5.88 Å². The molecule has 4 nitrogen and oxygen atoms in total. The van der Waals surface area contributed by atoms with E-state index in [0.717, 1.165) is 47.4 Å². The highest BCUT2D eigenvalue weighted by Gasteiger charge is 2.13. The zero-order valence-electron chi connectivity index (χ0n) is 11.3.